The average molecular weight is 383 g/mol. The number of phenols is 1. The number of anilines is 1. The van der Waals surface area contributed by atoms with Gasteiger partial charge in [0.15, 0.2) is 17.3 Å². The molecule has 2 saturated heterocycles. The monoisotopic (exact) mass is 383 g/mol. The number of oxazole rings is 1. The van der Waals surface area contributed by atoms with E-state index >= 15 is 0 Å². The van der Waals surface area contributed by atoms with E-state index < -0.39 is 6.17 Å². The largest absolute Gasteiger partial charge is 0.507 e. The second kappa shape index (κ2) is 6.41. The van der Waals surface area contributed by atoms with Crippen LogP contribution >= 0.6 is 0 Å². The summed E-state index contributed by atoms with van der Waals surface area (Å²) in [5.74, 6) is 1.21. The number of aromatic nitrogens is 3. The van der Waals surface area contributed by atoms with E-state index in [0.29, 0.717) is 40.1 Å². The van der Waals surface area contributed by atoms with Crippen LogP contribution in [0.1, 0.15) is 25.2 Å². The summed E-state index contributed by atoms with van der Waals surface area (Å²) in [6.07, 6.45) is 1.76. The number of hydrogen-bond donors (Lipinski definition) is 2. The number of nitrogens with one attached hydrogen (secondary N) is 1. The molecule has 0 spiro atoms. The van der Waals surface area contributed by atoms with Crippen molar-refractivity contribution in [2.75, 3.05) is 11.9 Å². The summed E-state index contributed by atoms with van der Waals surface area (Å²) in [4.78, 5) is 6.18. The molecule has 5 rings (SSSR count). The first-order valence-electron chi connectivity index (χ1n) is 9.57. The molecular formula is C20H22FN5O2. The van der Waals surface area contributed by atoms with Gasteiger partial charge in [-0.2, -0.15) is 0 Å². The lowest BCUT2D eigenvalue weighted by atomic mass is 9.96. The molecule has 28 heavy (non-hydrogen) atoms. The molecule has 2 unspecified atom stereocenters. The van der Waals surface area contributed by atoms with Crippen molar-refractivity contribution in [1.82, 2.24) is 20.5 Å². The lowest BCUT2D eigenvalue weighted by molar-refractivity contribution is 0.176. The standard InChI is InChI=1S/C20H22FN5O2/c1-10-22-15-8-12(17(27)9-18(15)28-10)13-5-6-19(25-24-13)26(2)16-7-11-3-4-14(23-11)20(16)21/h5-6,8-9,11,14,16,20,23,27H,3-4,7H2,1-2H3/t11?,14?,16-,20+/m0/s1. The number of aryl methyl sites for hydroxylation is 1. The lowest BCUT2D eigenvalue weighted by Crippen LogP contribution is -2.55. The zero-order chi connectivity index (χ0) is 19.4. The topological polar surface area (TPSA) is 87.3 Å². The molecule has 2 fully saturated rings. The highest BCUT2D eigenvalue weighted by molar-refractivity contribution is 5.83. The predicted molar refractivity (Wildman–Crippen MR) is 103 cm³/mol. The van der Waals surface area contributed by atoms with Gasteiger partial charge in [0.2, 0.25) is 0 Å². The quantitative estimate of drug-likeness (QED) is 0.719. The Kier molecular flexibility index (Phi) is 3.97. The van der Waals surface area contributed by atoms with Crippen LogP contribution in [-0.2, 0) is 0 Å². The molecule has 0 radical (unpaired) electrons. The molecule has 2 aliphatic rings. The predicted octanol–water partition coefficient (Wildman–Crippen LogP) is 2.97. The minimum Gasteiger partial charge on any atom is -0.507 e. The molecule has 3 aromatic rings. The molecule has 2 N–H and O–H groups in total. The van der Waals surface area contributed by atoms with Gasteiger partial charge in [0.1, 0.15) is 17.4 Å². The molecule has 4 atom stereocenters. The molecule has 0 aliphatic carbocycles. The van der Waals surface area contributed by atoms with Crippen LogP contribution in [0.5, 0.6) is 5.75 Å². The Balaban J connectivity index is 1.42. The Bertz CT molecular complexity index is 1020. The number of fused-ring (bicyclic) bond motifs is 3. The van der Waals surface area contributed by atoms with Crippen LogP contribution in [0, 0.1) is 6.92 Å². The van der Waals surface area contributed by atoms with Gasteiger partial charge in [-0.1, -0.05) is 0 Å². The molecule has 2 bridgehead atoms. The number of hydrogen-bond acceptors (Lipinski definition) is 7. The highest BCUT2D eigenvalue weighted by Gasteiger charge is 2.43. The Morgan fingerprint density at radius 2 is 2.11 bits per heavy atom. The first kappa shape index (κ1) is 17.4. The molecule has 2 aromatic heterocycles. The van der Waals surface area contributed by atoms with E-state index in [9.17, 15) is 9.50 Å². The maximum atomic E-state index is 14.8. The van der Waals surface area contributed by atoms with Gasteiger partial charge in [0, 0.05) is 37.7 Å². The second-order valence-corrected chi connectivity index (χ2v) is 7.75. The van der Waals surface area contributed by atoms with E-state index in [4.69, 9.17) is 4.42 Å². The Morgan fingerprint density at radius 3 is 2.89 bits per heavy atom. The zero-order valence-corrected chi connectivity index (χ0v) is 15.8. The van der Waals surface area contributed by atoms with E-state index in [2.05, 4.69) is 20.5 Å². The van der Waals surface area contributed by atoms with Gasteiger partial charge in [0.25, 0.3) is 0 Å². The third-order valence-corrected chi connectivity index (χ3v) is 5.95. The second-order valence-electron chi connectivity index (χ2n) is 7.75. The molecule has 4 heterocycles. The molecule has 146 valence electrons. The van der Waals surface area contributed by atoms with E-state index in [0.717, 1.165) is 19.3 Å². The van der Waals surface area contributed by atoms with Crippen LogP contribution in [0.4, 0.5) is 10.2 Å². The Morgan fingerprint density at radius 1 is 1.25 bits per heavy atom. The maximum Gasteiger partial charge on any atom is 0.192 e. The fraction of sp³-hybridized carbons (Fsp3) is 0.450. The number of piperidine rings is 1. The van der Waals surface area contributed by atoms with Crippen LogP contribution in [0.15, 0.2) is 28.7 Å². The van der Waals surface area contributed by atoms with Crippen molar-refractivity contribution in [1.29, 1.82) is 0 Å². The van der Waals surface area contributed by atoms with Gasteiger partial charge >= 0.3 is 0 Å². The summed E-state index contributed by atoms with van der Waals surface area (Å²) < 4.78 is 20.3. The number of rotatable bonds is 3. The van der Waals surface area contributed by atoms with Gasteiger partial charge in [-0.3, -0.25) is 0 Å². The molecule has 0 saturated carbocycles. The first-order valence-corrected chi connectivity index (χ1v) is 9.57. The fourth-order valence-electron chi connectivity index (χ4n) is 4.46. The van der Waals surface area contributed by atoms with Gasteiger partial charge in [-0.05, 0) is 37.5 Å². The van der Waals surface area contributed by atoms with Crippen molar-refractivity contribution >= 4 is 16.9 Å². The third-order valence-electron chi connectivity index (χ3n) is 5.95. The molecule has 7 nitrogen and oxygen atoms in total. The summed E-state index contributed by atoms with van der Waals surface area (Å²) >= 11 is 0. The number of alkyl halides is 1. The van der Waals surface area contributed by atoms with Crippen LogP contribution in [0.25, 0.3) is 22.4 Å². The number of phenolic OH excluding ortho intramolecular Hbond substituents is 1. The lowest BCUT2D eigenvalue weighted by Gasteiger charge is -2.38. The molecule has 2 aliphatic heterocycles. The van der Waals surface area contributed by atoms with E-state index in [-0.39, 0.29) is 17.8 Å². The van der Waals surface area contributed by atoms with Gasteiger partial charge in [-0.25, -0.2) is 9.37 Å². The van der Waals surface area contributed by atoms with Crippen molar-refractivity contribution in [3.05, 3.63) is 30.2 Å². The van der Waals surface area contributed by atoms with Crippen LogP contribution in [0.2, 0.25) is 0 Å². The highest BCUT2D eigenvalue weighted by atomic mass is 19.1. The van der Waals surface area contributed by atoms with Crippen LogP contribution < -0.4 is 10.2 Å². The van der Waals surface area contributed by atoms with Crippen molar-refractivity contribution in [2.45, 2.75) is 50.5 Å². The molecule has 8 heteroatoms. The van der Waals surface area contributed by atoms with Crippen LogP contribution in [-0.4, -0.2) is 51.6 Å². The van der Waals surface area contributed by atoms with E-state index in [1.54, 1.807) is 19.1 Å². The fourth-order valence-corrected chi connectivity index (χ4v) is 4.46. The normalized spacial score (nSPS) is 26.7. The van der Waals surface area contributed by atoms with E-state index in [1.807, 2.05) is 18.0 Å². The zero-order valence-electron chi connectivity index (χ0n) is 15.8. The Labute approximate surface area is 161 Å². The van der Waals surface area contributed by atoms with Crippen molar-refractivity contribution < 1.29 is 13.9 Å². The summed E-state index contributed by atoms with van der Waals surface area (Å²) in [5.41, 5.74) is 2.24. The van der Waals surface area contributed by atoms with Gasteiger partial charge in [0.05, 0.1) is 11.7 Å². The first-order chi connectivity index (χ1) is 13.5. The van der Waals surface area contributed by atoms with Gasteiger partial charge < -0.3 is 19.7 Å². The smallest absolute Gasteiger partial charge is 0.192 e. The third kappa shape index (κ3) is 2.79. The summed E-state index contributed by atoms with van der Waals surface area (Å²) in [6.45, 7) is 1.76. The summed E-state index contributed by atoms with van der Waals surface area (Å²) in [6, 6.07) is 6.98. The highest BCUT2D eigenvalue weighted by Crippen LogP contribution is 2.35. The summed E-state index contributed by atoms with van der Waals surface area (Å²) in [5, 5.41) is 22.2. The summed E-state index contributed by atoms with van der Waals surface area (Å²) in [7, 11) is 1.87. The van der Waals surface area contributed by atoms with Crippen LogP contribution in [0.3, 0.4) is 0 Å². The maximum absolute atomic E-state index is 14.8. The number of benzene rings is 1. The van der Waals surface area contributed by atoms with Crippen molar-refractivity contribution in [3.8, 4) is 17.0 Å². The number of nitrogens with zero attached hydrogens (tertiary/aromatic N) is 4. The number of aromatic hydroxyl groups is 1. The van der Waals surface area contributed by atoms with E-state index in [1.165, 1.54) is 6.07 Å². The van der Waals surface area contributed by atoms with Gasteiger partial charge in [-0.15, -0.1) is 10.2 Å². The molecule has 1 aromatic carbocycles. The molecule has 0 amide bonds. The minimum absolute atomic E-state index is 0.0535. The average Bonchev–Trinajstić information content (AvgIpc) is 3.26. The van der Waals surface area contributed by atoms with Crippen molar-refractivity contribution in [2.24, 2.45) is 0 Å². The van der Waals surface area contributed by atoms with Crippen molar-refractivity contribution in [3.63, 3.8) is 0 Å². The Hall–Kier alpha value is -2.74. The SMILES string of the molecule is Cc1nc2cc(-c3ccc(N(C)[C@H]4CC5CCC(N5)[C@H]4F)nn3)c(O)cc2o1. The molecular weight excluding hydrogens is 361 g/mol. The number of halogens is 1. The minimum atomic E-state index is -0.924.